The van der Waals surface area contributed by atoms with Crippen molar-refractivity contribution in [1.29, 1.82) is 0 Å². The fourth-order valence-electron chi connectivity index (χ4n) is 6.87. The van der Waals surface area contributed by atoms with Gasteiger partial charge < -0.3 is 24.2 Å². The fourth-order valence-corrected chi connectivity index (χ4v) is 9.42. The van der Waals surface area contributed by atoms with Gasteiger partial charge in [-0.05, 0) is 56.4 Å². The maximum atomic E-state index is 13.2. The summed E-state index contributed by atoms with van der Waals surface area (Å²) in [4.78, 5) is 2.38. The molecule has 1 aromatic rings. The van der Waals surface area contributed by atoms with Gasteiger partial charge in [0.05, 0.1) is 64.2 Å². The summed E-state index contributed by atoms with van der Waals surface area (Å²) in [5.74, 6) is 1.74. The molecule has 0 amide bonds. The molecule has 11 nitrogen and oxygen atoms in total. The summed E-state index contributed by atoms with van der Waals surface area (Å²) in [5, 5.41) is 16.5. The van der Waals surface area contributed by atoms with Gasteiger partial charge in [0.1, 0.15) is 5.69 Å². The molecular formula is C27H47Cl2N5O6S. The number of fused-ring (bicyclic) bond motifs is 1. The van der Waals surface area contributed by atoms with Gasteiger partial charge in [-0.3, -0.25) is 0 Å². The molecule has 4 rings (SSSR count). The lowest BCUT2D eigenvalue weighted by atomic mass is 9.63. The summed E-state index contributed by atoms with van der Waals surface area (Å²) in [6.07, 6.45) is 6.95. The van der Waals surface area contributed by atoms with Crippen molar-refractivity contribution in [3.8, 4) is 0 Å². The van der Waals surface area contributed by atoms with E-state index in [1.54, 1.807) is 10.9 Å². The smallest absolute Gasteiger partial charge is 0.214 e. The highest BCUT2D eigenvalue weighted by Gasteiger charge is 2.47. The van der Waals surface area contributed by atoms with Gasteiger partial charge in [0.15, 0.2) is 0 Å². The Labute approximate surface area is 254 Å². The lowest BCUT2D eigenvalue weighted by Crippen LogP contribution is -2.54. The first-order chi connectivity index (χ1) is 19.8. The van der Waals surface area contributed by atoms with Gasteiger partial charge in [-0.25, -0.2) is 17.8 Å². The number of rotatable bonds is 16. The predicted molar refractivity (Wildman–Crippen MR) is 158 cm³/mol. The Morgan fingerprint density at radius 3 is 2.41 bits per heavy atom. The Morgan fingerprint density at radius 2 is 1.68 bits per heavy atom. The van der Waals surface area contributed by atoms with E-state index in [2.05, 4.69) is 27.0 Å². The van der Waals surface area contributed by atoms with Crippen LogP contribution >= 0.6 is 23.2 Å². The van der Waals surface area contributed by atoms with Crippen molar-refractivity contribution in [1.82, 2.24) is 24.6 Å². The van der Waals surface area contributed by atoms with Crippen LogP contribution in [-0.2, 0) is 37.4 Å². The topological polar surface area (TPSA) is 128 Å². The van der Waals surface area contributed by atoms with Crippen LogP contribution < -0.4 is 4.72 Å². The first-order valence-corrected chi connectivity index (χ1v) is 17.4. The van der Waals surface area contributed by atoms with Gasteiger partial charge >= 0.3 is 0 Å². The molecule has 0 spiro atoms. The van der Waals surface area contributed by atoms with Gasteiger partial charge in [0, 0.05) is 30.4 Å². The number of alkyl halides is 2. The Bertz CT molecular complexity index is 1020. The Kier molecular flexibility index (Phi) is 13.4. The minimum atomic E-state index is -3.42. The van der Waals surface area contributed by atoms with E-state index >= 15 is 0 Å². The van der Waals surface area contributed by atoms with Crippen LogP contribution in [0.3, 0.4) is 0 Å². The molecule has 0 aromatic carbocycles. The highest BCUT2D eigenvalue weighted by atomic mass is 35.5. The number of aliphatic hydroxyl groups is 1. The van der Waals surface area contributed by atoms with E-state index in [4.69, 9.17) is 42.5 Å². The number of sulfonamides is 1. The zero-order valence-corrected chi connectivity index (χ0v) is 26.4. The molecule has 1 saturated heterocycles. The van der Waals surface area contributed by atoms with Crippen molar-refractivity contribution in [2.24, 2.45) is 23.7 Å². The van der Waals surface area contributed by atoms with E-state index in [9.17, 15) is 8.42 Å². The third-order valence-corrected chi connectivity index (χ3v) is 11.6. The zero-order chi connectivity index (χ0) is 29.2. The van der Waals surface area contributed by atoms with E-state index in [1.807, 2.05) is 0 Å². The fraction of sp³-hybridized carbons (Fsp3) is 0.926. The van der Waals surface area contributed by atoms with E-state index in [1.165, 1.54) is 0 Å². The second-order valence-corrected chi connectivity index (χ2v) is 15.0. The number of nitrogens with one attached hydrogen (secondary N) is 1. The number of hydrogen-bond acceptors (Lipinski definition) is 9. The zero-order valence-electron chi connectivity index (χ0n) is 24.1. The molecule has 1 aliphatic heterocycles. The molecule has 7 unspecified atom stereocenters. The van der Waals surface area contributed by atoms with Crippen LogP contribution in [0.15, 0.2) is 6.20 Å². The minimum absolute atomic E-state index is 0.100. The van der Waals surface area contributed by atoms with Gasteiger partial charge in [0.2, 0.25) is 10.0 Å². The number of hydrogen-bond donors (Lipinski definition) is 2. The lowest BCUT2D eigenvalue weighted by molar-refractivity contribution is 0.0108. The van der Waals surface area contributed by atoms with Gasteiger partial charge in [-0.15, -0.1) is 28.3 Å². The van der Waals surface area contributed by atoms with E-state index in [0.29, 0.717) is 88.4 Å². The van der Waals surface area contributed by atoms with E-state index in [-0.39, 0.29) is 29.2 Å². The average Bonchev–Trinajstić information content (AvgIpc) is 3.42. The number of ether oxygens (including phenoxy) is 3. The molecule has 14 heteroatoms. The highest BCUT2D eigenvalue weighted by Crippen LogP contribution is 2.48. The number of piperidine rings is 1. The molecule has 41 heavy (non-hydrogen) atoms. The molecule has 2 N–H and O–H groups in total. The summed E-state index contributed by atoms with van der Waals surface area (Å²) in [7, 11) is -1.25. The maximum absolute atomic E-state index is 13.2. The molecule has 0 bridgehead atoms. The van der Waals surface area contributed by atoms with Crippen LogP contribution in [0.4, 0.5) is 0 Å². The van der Waals surface area contributed by atoms with E-state index < -0.39 is 10.0 Å². The third kappa shape index (κ3) is 9.97. The summed E-state index contributed by atoms with van der Waals surface area (Å²) in [5.41, 5.74) is 0.528. The Hall–Kier alpha value is -0.570. The van der Waals surface area contributed by atoms with Crippen molar-refractivity contribution < 1.29 is 27.7 Å². The van der Waals surface area contributed by atoms with Crippen LogP contribution in [0, 0.1) is 23.7 Å². The number of aliphatic hydroxyl groups excluding tert-OH is 1. The quantitative estimate of drug-likeness (QED) is 0.206. The lowest BCUT2D eigenvalue weighted by Gasteiger charge is -2.51. The molecule has 7 atom stereocenters. The Morgan fingerprint density at radius 1 is 0.976 bits per heavy atom. The molecule has 3 fully saturated rings. The molecule has 1 aromatic heterocycles. The molecule has 0 radical (unpaired) electrons. The van der Waals surface area contributed by atoms with Gasteiger partial charge in [0.25, 0.3) is 0 Å². The van der Waals surface area contributed by atoms with E-state index in [0.717, 1.165) is 38.8 Å². The minimum Gasteiger partial charge on any atom is -0.390 e. The first-order valence-electron chi connectivity index (χ1n) is 14.9. The SMILES string of the molecule is CN1CC2C(Cl)CC(Cl)CC2C(C2CCCC(S(=O)(=O)NCCOCCOCCOCCn3cc(CO)nn3)C2)C1. The predicted octanol–water partition coefficient (Wildman–Crippen LogP) is 2.10. The van der Waals surface area contributed by atoms with Crippen molar-refractivity contribution in [2.75, 3.05) is 66.3 Å². The standard InChI is InChI=1S/C27H47Cl2N5O6S/c1-33-17-25(24-14-21(28)15-27(29)26(24)18-33)20-3-2-4-23(13-20)41(36,37)30-5-7-38-9-11-40-12-10-39-8-6-34-16-22(19-35)31-32-34/h16,20-21,23-27,30,35H,2-15,17-19H2,1H3. The second-order valence-electron chi connectivity index (χ2n) is 11.8. The van der Waals surface area contributed by atoms with Crippen molar-refractivity contribution in [3.05, 3.63) is 11.9 Å². The van der Waals surface area contributed by atoms with Crippen LogP contribution in [0.5, 0.6) is 0 Å². The molecule has 236 valence electrons. The van der Waals surface area contributed by atoms with Crippen LogP contribution in [0.25, 0.3) is 0 Å². The maximum Gasteiger partial charge on any atom is 0.214 e. The largest absolute Gasteiger partial charge is 0.390 e. The highest BCUT2D eigenvalue weighted by molar-refractivity contribution is 7.90. The van der Waals surface area contributed by atoms with Gasteiger partial charge in [-0.2, -0.15) is 0 Å². The van der Waals surface area contributed by atoms with Crippen LogP contribution in [0.2, 0.25) is 0 Å². The number of halogens is 2. The Balaban J connectivity index is 1.08. The van der Waals surface area contributed by atoms with Crippen LogP contribution in [0.1, 0.15) is 44.2 Å². The molecular weight excluding hydrogens is 593 g/mol. The summed E-state index contributed by atoms with van der Waals surface area (Å²) >= 11 is 13.4. The van der Waals surface area contributed by atoms with Crippen molar-refractivity contribution in [3.63, 3.8) is 0 Å². The molecule has 2 heterocycles. The normalized spacial score (nSPS) is 31.3. The first kappa shape index (κ1) is 33.3. The molecule has 3 aliphatic rings. The average molecular weight is 641 g/mol. The number of likely N-dealkylation sites (tertiary alicyclic amines) is 1. The summed E-state index contributed by atoms with van der Waals surface area (Å²) < 4.78 is 47.3. The second kappa shape index (κ2) is 16.5. The number of nitrogens with zero attached hydrogens (tertiary/aromatic N) is 4. The third-order valence-electron chi connectivity index (χ3n) is 8.84. The van der Waals surface area contributed by atoms with Gasteiger partial charge in [-0.1, -0.05) is 18.1 Å². The summed E-state index contributed by atoms with van der Waals surface area (Å²) in [6.45, 7) is 5.13. The van der Waals surface area contributed by atoms with Crippen LogP contribution in [-0.4, -0.2) is 116 Å². The number of aromatic nitrogens is 3. The van der Waals surface area contributed by atoms with Crippen molar-refractivity contribution >= 4 is 33.2 Å². The molecule has 2 aliphatic carbocycles. The monoisotopic (exact) mass is 639 g/mol. The summed E-state index contributed by atoms with van der Waals surface area (Å²) in [6, 6.07) is 0. The molecule has 2 saturated carbocycles. The van der Waals surface area contributed by atoms with Crippen molar-refractivity contribution in [2.45, 2.75) is 67.7 Å².